The molecule has 21 heavy (non-hydrogen) atoms. The molecule has 3 nitrogen and oxygen atoms in total. The number of nitrogens with one attached hydrogen (secondary N) is 1. The fourth-order valence-electron chi connectivity index (χ4n) is 1.84. The third-order valence-electron chi connectivity index (χ3n) is 2.95. The lowest BCUT2D eigenvalue weighted by molar-refractivity contribution is -0.121. The van der Waals surface area contributed by atoms with Crippen LogP contribution in [0.4, 0.5) is 0 Å². The maximum absolute atomic E-state index is 11.8. The number of hydrogen-bond donors (Lipinski definition) is 1. The average molecular weight is 389 g/mol. The van der Waals surface area contributed by atoms with Crippen molar-refractivity contribution in [1.29, 1.82) is 0 Å². The zero-order valence-electron chi connectivity index (χ0n) is 11.5. The van der Waals surface area contributed by atoms with Gasteiger partial charge < -0.3 is 10.1 Å². The van der Waals surface area contributed by atoms with E-state index in [-0.39, 0.29) is 5.91 Å². The Morgan fingerprint density at radius 1 is 1.38 bits per heavy atom. The lowest BCUT2D eigenvalue weighted by Gasteiger charge is -2.06. The van der Waals surface area contributed by atoms with E-state index in [0.29, 0.717) is 30.2 Å². The number of carbonyl (C=O) groups is 1. The highest BCUT2D eigenvalue weighted by atomic mass is 79.9. The van der Waals surface area contributed by atoms with Gasteiger partial charge in [-0.15, -0.1) is 11.3 Å². The maximum Gasteiger partial charge on any atom is 0.220 e. The number of ether oxygens (including phenoxy) is 1. The van der Waals surface area contributed by atoms with Crippen molar-refractivity contribution >= 4 is 44.8 Å². The molecule has 0 aliphatic heterocycles. The summed E-state index contributed by atoms with van der Waals surface area (Å²) in [5.74, 6) is 0.680. The van der Waals surface area contributed by atoms with Gasteiger partial charge in [0.1, 0.15) is 5.75 Å². The molecule has 0 atom stereocenters. The molecule has 0 radical (unpaired) electrons. The van der Waals surface area contributed by atoms with Crippen molar-refractivity contribution in [2.24, 2.45) is 0 Å². The molecular formula is C15H15BrClNO2S. The minimum absolute atomic E-state index is 0.0338. The fraction of sp³-hybridized carbons (Fsp3) is 0.267. The van der Waals surface area contributed by atoms with Crippen LogP contribution >= 0.6 is 38.9 Å². The minimum atomic E-state index is 0.0338. The van der Waals surface area contributed by atoms with Crippen molar-refractivity contribution in [3.63, 3.8) is 0 Å². The first kappa shape index (κ1) is 16.3. The van der Waals surface area contributed by atoms with Crippen LogP contribution in [0.2, 0.25) is 5.02 Å². The zero-order valence-corrected chi connectivity index (χ0v) is 14.6. The second kappa shape index (κ2) is 7.82. The van der Waals surface area contributed by atoms with E-state index in [2.05, 4.69) is 21.2 Å². The Hall–Kier alpha value is -1.04. The highest BCUT2D eigenvalue weighted by molar-refractivity contribution is 9.11. The van der Waals surface area contributed by atoms with Gasteiger partial charge in [0.15, 0.2) is 0 Å². The molecule has 1 N–H and O–H groups in total. The van der Waals surface area contributed by atoms with E-state index in [1.165, 1.54) is 0 Å². The fourth-order valence-corrected chi connectivity index (χ4v) is 3.55. The molecule has 0 aliphatic carbocycles. The van der Waals surface area contributed by atoms with Gasteiger partial charge in [0, 0.05) is 11.3 Å². The van der Waals surface area contributed by atoms with Gasteiger partial charge in [-0.25, -0.2) is 0 Å². The van der Waals surface area contributed by atoms with E-state index in [1.807, 2.05) is 30.3 Å². The molecule has 1 heterocycles. The molecule has 0 spiro atoms. The van der Waals surface area contributed by atoms with Gasteiger partial charge in [0.2, 0.25) is 5.91 Å². The van der Waals surface area contributed by atoms with Crippen LogP contribution in [0.25, 0.3) is 0 Å². The van der Waals surface area contributed by atoms with Crippen LogP contribution in [0.15, 0.2) is 34.1 Å². The summed E-state index contributed by atoms with van der Waals surface area (Å²) in [7, 11) is 1.58. The monoisotopic (exact) mass is 387 g/mol. The van der Waals surface area contributed by atoms with Crippen LogP contribution in [0.3, 0.4) is 0 Å². The summed E-state index contributed by atoms with van der Waals surface area (Å²) in [4.78, 5) is 13.0. The van der Waals surface area contributed by atoms with Crippen LogP contribution in [0.1, 0.15) is 16.9 Å². The first-order valence-electron chi connectivity index (χ1n) is 6.42. The molecule has 0 saturated carbocycles. The molecule has 2 aromatic rings. The standard InChI is InChI=1S/C15H15BrClNO2S/c1-20-13-5-2-10(8-12(13)17)3-7-15(19)18-9-11-4-6-14(16)21-11/h2,4-6,8H,3,7,9H2,1H3,(H,18,19). The van der Waals surface area contributed by atoms with E-state index >= 15 is 0 Å². The normalized spacial score (nSPS) is 10.4. The van der Waals surface area contributed by atoms with Gasteiger partial charge in [0.05, 0.1) is 22.5 Å². The Labute approximate surface area is 141 Å². The second-order valence-electron chi connectivity index (χ2n) is 4.45. The molecule has 1 aromatic carbocycles. The van der Waals surface area contributed by atoms with Crippen molar-refractivity contribution < 1.29 is 9.53 Å². The minimum Gasteiger partial charge on any atom is -0.495 e. The molecule has 1 amide bonds. The number of carbonyl (C=O) groups excluding carboxylic acids is 1. The Kier molecular flexibility index (Phi) is 6.08. The van der Waals surface area contributed by atoms with Crippen LogP contribution in [0, 0.1) is 0 Å². The molecule has 6 heteroatoms. The molecule has 0 saturated heterocycles. The van der Waals surface area contributed by atoms with Crippen LogP contribution in [-0.2, 0) is 17.8 Å². The SMILES string of the molecule is COc1ccc(CCC(=O)NCc2ccc(Br)s2)cc1Cl. The number of amides is 1. The molecule has 112 valence electrons. The van der Waals surface area contributed by atoms with E-state index in [4.69, 9.17) is 16.3 Å². The summed E-state index contributed by atoms with van der Waals surface area (Å²) in [6.45, 7) is 0.568. The van der Waals surface area contributed by atoms with Gasteiger partial charge in [-0.05, 0) is 52.2 Å². The Bertz CT molecular complexity index is 630. The maximum atomic E-state index is 11.8. The topological polar surface area (TPSA) is 38.3 Å². The lowest BCUT2D eigenvalue weighted by Crippen LogP contribution is -2.22. The number of hydrogen-bond acceptors (Lipinski definition) is 3. The number of thiophene rings is 1. The van der Waals surface area contributed by atoms with Gasteiger partial charge in [-0.3, -0.25) is 4.79 Å². The summed E-state index contributed by atoms with van der Waals surface area (Å²) in [5.41, 5.74) is 1.02. The first-order chi connectivity index (χ1) is 10.1. The predicted octanol–water partition coefficient (Wildman–Crippen LogP) is 4.42. The third-order valence-corrected chi connectivity index (χ3v) is 4.86. The zero-order chi connectivity index (χ0) is 15.2. The van der Waals surface area contributed by atoms with Crippen LogP contribution in [-0.4, -0.2) is 13.0 Å². The van der Waals surface area contributed by atoms with Crippen molar-refractivity contribution in [2.45, 2.75) is 19.4 Å². The van der Waals surface area contributed by atoms with Gasteiger partial charge >= 0.3 is 0 Å². The number of methoxy groups -OCH3 is 1. The van der Waals surface area contributed by atoms with E-state index in [1.54, 1.807) is 18.4 Å². The Morgan fingerprint density at radius 2 is 2.19 bits per heavy atom. The van der Waals surface area contributed by atoms with E-state index in [0.717, 1.165) is 14.2 Å². The highest BCUT2D eigenvalue weighted by Gasteiger charge is 2.06. The smallest absolute Gasteiger partial charge is 0.220 e. The van der Waals surface area contributed by atoms with Crippen molar-refractivity contribution in [1.82, 2.24) is 5.32 Å². The summed E-state index contributed by atoms with van der Waals surface area (Å²) < 4.78 is 6.17. The predicted molar refractivity (Wildman–Crippen MR) is 90.2 cm³/mol. The summed E-state index contributed by atoms with van der Waals surface area (Å²) in [5, 5.41) is 3.48. The molecule has 0 fully saturated rings. The lowest BCUT2D eigenvalue weighted by atomic mass is 10.1. The molecular weight excluding hydrogens is 374 g/mol. The molecule has 0 unspecified atom stereocenters. The van der Waals surface area contributed by atoms with Crippen LogP contribution in [0.5, 0.6) is 5.75 Å². The quantitative estimate of drug-likeness (QED) is 0.795. The largest absolute Gasteiger partial charge is 0.495 e. The Balaban J connectivity index is 1.79. The second-order valence-corrected chi connectivity index (χ2v) is 7.41. The highest BCUT2D eigenvalue weighted by Crippen LogP contribution is 2.25. The number of halogens is 2. The van der Waals surface area contributed by atoms with E-state index in [9.17, 15) is 4.79 Å². The van der Waals surface area contributed by atoms with E-state index < -0.39 is 0 Å². The van der Waals surface area contributed by atoms with Crippen molar-refractivity contribution in [3.8, 4) is 5.75 Å². The molecule has 2 rings (SSSR count). The van der Waals surface area contributed by atoms with Gasteiger partial charge in [-0.1, -0.05) is 17.7 Å². The van der Waals surface area contributed by atoms with Crippen LogP contribution < -0.4 is 10.1 Å². The average Bonchev–Trinajstić information content (AvgIpc) is 2.89. The number of benzene rings is 1. The molecule has 0 bridgehead atoms. The molecule has 0 aliphatic rings. The van der Waals surface area contributed by atoms with Gasteiger partial charge in [0.25, 0.3) is 0 Å². The summed E-state index contributed by atoms with van der Waals surface area (Å²) >= 11 is 11.1. The summed E-state index contributed by atoms with van der Waals surface area (Å²) in [6, 6.07) is 9.56. The van der Waals surface area contributed by atoms with Gasteiger partial charge in [-0.2, -0.15) is 0 Å². The third kappa shape index (κ3) is 5.02. The molecule has 1 aromatic heterocycles. The van der Waals surface area contributed by atoms with Crippen molar-refractivity contribution in [2.75, 3.05) is 7.11 Å². The summed E-state index contributed by atoms with van der Waals surface area (Å²) in [6.07, 6.45) is 1.10. The Morgan fingerprint density at radius 3 is 2.81 bits per heavy atom. The van der Waals surface area contributed by atoms with Crippen molar-refractivity contribution in [3.05, 3.63) is 49.6 Å². The number of aryl methyl sites for hydroxylation is 1. The number of rotatable bonds is 6. The first-order valence-corrected chi connectivity index (χ1v) is 8.40.